The molecule has 0 bridgehead atoms. The van der Waals surface area contributed by atoms with Crippen molar-refractivity contribution in [3.8, 4) is 5.75 Å². The number of para-hydroxylation sites is 1. The number of halogens is 1. The van der Waals surface area contributed by atoms with Crippen molar-refractivity contribution >= 4 is 27.3 Å². The summed E-state index contributed by atoms with van der Waals surface area (Å²) in [5, 5.41) is 2.58. The number of sulfonamides is 1. The second-order valence-corrected chi connectivity index (χ2v) is 8.32. The van der Waals surface area contributed by atoms with Gasteiger partial charge in [0, 0.05) is 33.1 Å². The fraction of sp³-hybridized carbons (Fsp3) is 0.316. The number of rotatable bonds is 5. The number of amides is 1. The first-order valence-corrected chi connectivity index (χ1v) is 10.2. The van der Waals surface area contributed by atoms with Crippen LogP contribution in [-0.4, -0.2) is 51.9 Å². The topological polar surface area (TPSA) is 79.0 Å². The molecule has 1 amide bonds. The number of nitrogens with one attached hydrogen (secondary N) is 1. The summed E-state index contributed by atoms with van der Waals surface area (Å²) in [7, 11) is -2.31. The van der Waals surface area contributed by atoms with Gasteiger partial charge in [0.25, 0.3) is 0 Å². The first-order valence-electron chi connectivity index (χ1n) is 8.78. The normalized spacial score (nSPS) is 15.3. The third-order valence-electron chi connectivity index (χ3n) is 4.55. The summed E-state index contributed by atoms with van der Waals surface area (Å²) in [5.41, 5.74) is 0.762. The zero-order valence-corrected chi connectivity index (χ0v) is 16.5. The molecule has 1 fully saturated rings. The summed E-state index contributed by atoms with van der Waals surface area (Å²) >= 11 is 0. The minimum atomic E-state index is -3.75. The van der Waals surface area contributed by atoms with E-state index < -0.39 is 10.0 Å². The number of anilines is 2. The standard InChI is InChI=1S/C19H22FN3O4S/c1-14(24)21-17-13-15(7-8-19(17)27-2)28(25,26)23-11-9-22(10-12-23)18-6-4-3-5-16(18)20/h3-8,13H,9-12H2,1-2H3,(H,21,24). The first kappa shape index (κ1) is 20.1. The zero-order valence-electron chi connectivity index (χ0n) is 15.7. The zero-order chi connectivity index (χ0) is 20.3. The van der Waals surface area contributed by atoms with Crippen molar-refractivity contribution in [1.29, 1.82) is 0 Å². The number of hydrogen-bond donors (Lipinski definition) is 1. The monoisotopic (exact) mass is 407 g/mol. The molecule has 150 valence electrons. The SMILES string of the molecule is COc1ccc(S(=O)(=O)N2CCN(c3ccccc3F)CC2)cc1NC(C)=O. The molecule has 1 saturated heterocycles. The Hall–Kier alpha value is -2.65. The quantitative estimate of drug-likeness (QED) is 0.823. The summed E-state index contributed by atoms with van der Waals surface area (Å²) < 4.78 is 46.5. The van der Waals surface area contributed by atoms with Crippen LogP contribution in [0.4, 0.5) is 15.8 Å². The van der Waals surface area contributed by atoms with Crippen LogP contribution in [0.3, 0.4) is 0 Å². The molecular weight excluding hydrogens is 385 g/mol. The van der Waals surface area contributed by atoms with Crippen molar-refractivity contribution in [2.24, 2.45) is 0 Å². The van der Waals surface area contributed by atoms with Crippen LogP contribution in [0.5, 0.6) is 5.75 Å². The predicted octanol–water partition coefficient (Wildman–Crippen LogP) is 2.30. The number of nitrogens with zero attached hydrogens (tertiary/aromatic N) is 2. The van der Waals surface area contributed by atoms with E-state index in [1.165, 1.54) is 42.6 Å². The number of hydrogen-bond acceptors (Lipinski definition) is 5. The molecule has 1 N–H and O–H groups in total. The van der Waals surface area contributed by atoms with Crippen LogP contribution in [0.1, 0.15) is 6.92 Å². The van der Waals surface area contributed by atoms with Gasteiger partial charge in [-0.1, -0.05) is 12.1 Å². The Kier molecular flexibility index (Phi) is 5.85. The van der Waals surface area contributed by atoms with Crippen molar-refractivity contribution in [2.45, 2.75) is 11.8 Å². The maximum absolute atomic E-state index is 14.0. The number of benzene rings is 2. The average molecular weight is 407 g/mol. The Morgan fingerprint density at radius 2 is 1.79 bits per heavy atom. The molecule has 0 atom stereocenters. The van der Waals surface area contributed by atoms with Gasteiger partial charge in [0.05, 0.1) is 23.4 Å². The van der Waals surface area contributed by atoms with Crippen LogP contribution < -0.4 is 15.0 Å². The van der Waals surface area contributed by atoms with Gasteiger partial charge in [-0.3, -0.25) is 4.79 Å². The van der Waals surface area contributed by atoms with E-state index in [0.717, 1.165) is 0 Å². The van der Waals surface area contributed by atoms with Gasteiger partial charge in [0.1, 0.15) is 11.6 Å². The van der Waals surface area contributed by atoms with E-state index in [0.29, 0.717) is 30.2 Å². The molecular formula is C19H22FN3O4S. The Morgan fingerprint density at radius 3 is 2.39 bits per heavy atom. The number of carbonyl (C=O) groups is 1. The molecule has 2 aromatic rings. The first-order chi connectivity index (χ1) is 13.3. The van der Waals surface area contributed by atoms with Gasteiger partial charge in [-0.2, -0.15) is 4.31 Å². The van der Waals surface area contributed by atoms with Gasteiger partial charge >= 0.3 is 0 Å². The molecule has 2 aromatic carbocycles. The molecule has 0 radical (unpaired) electrons. The van der Waals surface area contributed by atoms with Gasteiger partial charge in [0.2, 0.25) is 15.9 Å². The van der Waals surface area contributed by atoms with E-state index >= 15 is 0 Å². The van der Waals surface area contributed by atoms with Crippen molar-refractivity contribution < 1.29 is 22.3 Å². The van der Waals surface area contributed by atoms with Crippen molar-refractivity contribution in [3.63, 3.8) is 0 Å². The molecule has 0 unspecified atom stereocenters. The van der Waals surface area contributed by atoms with E-state index in [1.807, 2.05) is 4.90 Å². The lowest BCUT2D eigenvalue weighted by atomic mass is 10.2. The maximum Gasteiger partial charge on any atom is 0.243 e. The van der Waals surface area contributed by atoms with Crippen LogP contribution in [-0.2, 0) is 14.8 Å². The second-order valence-electron chi connectivity index (χ2n) is 6.39. The highest BCUT2D eigenvalue weighted by Gasteiger charge is 2.30. The lowest BCUT2D eigenvalue weighted by molar-refractivity contribution is -0.114. The summed E-state index contributed by atoms with van der Waals surface area (Å²) in [6, 6.07) is 10.8. The summed E-state index contributed by atoms with van der Waals surface area (Å²) in [6.07, 6.45) is 0. The summed E-state index contributed by atoms with van der Waals surface area (Å²) in [6.45, 7) is 2.57. The van der Waals surface area contributed by atoms with Crippen LogP contribution in [0.2, 0.25) is 0 Å². The highest BCUT2D eigenvalue weighted by atomic mass is 32.2. The largest absolute Gasteiger partial charge is 0.495 e. The summed E-state index contributed by atoms with van der Waals surface area (Å²) in [5.74, 6) is -0.279. The van der Waals surface area contributed by atoms with Crippen LogP contribution in [0, 0.1) is 5.82 Å². The lowest BCUT2D eigenvalue weighted by Gasteiger charge is -2.35. The third-order valence-corrected chi connectivity index (χ3v) is 6.45. The van der Waals surface area contributed by atoms with E-state index in [9.17, 15) is 17.6 Å². The van der Waals surface area contributed by atoms with Gasteiger partial charge in [0.15, 0.2) is 0 Å². The van der Waals surface area contributed by atoms with Crippen molar-refractivity contribution in [1.82, 2.24) is 4.31 Å². The van der Waals surface area contributed by atoms with E-state index in [1.54, 1.807) is 18.2 Å². The lowest BCUT2D eigenvalue weighted by Crippen LogP contribution is -2.48. The predicted molar refractivity (Wildman–Crippen MR) is 105 cm³/mol. The summed E-state index contributed by atoms with van der Waals surface area (Å²) in [4.78, 5) is 13.3. The Morgan fingerprint density at radius 1 is 1.11 bits per heavy atom. The highest BCUT2D eigenvalue weighted by molar-refractivity contribution is 7.89. The molecule has 1 aliphatic rings. The van der Waals surface area contributed by atoms with Crippen molar-refractivity contribution in [3.05, 3.63) is 48.3 Å². The molecule has 9 heteroatoms. The van der Waals surface area contributed by atoms with Gasteiger partial charge in [-0.05, 0) is 30.3 Å². The Labute approximate surface area is 163 Å². The smallest absolute Gasteiger partial charge is 0.243 e. The number of methoxy groups -OCH3 is 1. The average Bonchev–Trinajstić information content (AvgIpc) is 2.68. The fourth-order valence-corrected chi connectivity index (χ4v) is 4.61. The molecule has 7 nitrogen and oxygen atoms in total. The minimum Gasteiger partial charge on any atom is -0.495 e. The van der Waals surface area contributed by atoms with E-state index in [2.05, 4.69) is 5.32 Å². The van der Waals surface area contributed by atoms with E-state index in [4.69, 9.17) is 4.74 Å². The molecule has 0 spiro atoms. The highest BCUT2D eigenvalue weighted by Crippen LogP contribution is 2.30. The van der Waals surface area contributed by atoms with Crippen molar-refractivity contribution in [2.75, 3.05) is 43.5 Å². The van der Waals surface area contributed by atoms with Crippen LogP contribution in [0.15, 0.2) is 47.4 Å². The number of carbonyl (C=O) groups excluding carboxylic acids is 1. The number of ether oxygens (including phenoxy) is 1. The van der Waals surface area contributed by atoms with Crippen LogP contribution >= 0.6 is 0 Å². The molecule has 0 aromatic heterocycles. The van der Waals surface area contributed by atoms with Gasteiger partial charge in [-0.25, -0.2) is 12.8 Å². The minimum absolute atomic E-state index is 0.0661. The number of piperazine rings is 1. The third kappa shape index (κ3) is 4.10. The molecule has 0 saturated carbocycles. The van der Waals surface area contributed by atoms with Crippen LogP contribution in [0.25, 0.3) is 0 Å². The second kappa shape index (κ2) is 8.15. The van der Waals surface area contributed by atoms with Gasteiger partial charge < -0.3 is 15.0 Å². The van der Waals surface area contributed by atoms with E-state index in [-0.39, 0.29) is 29.7 Å². The molecule has 1 heterocycles. The Bertz CT molecular complexity index is 973. The maximum atomic E-state index is 14.0. The molecule has 0 aliphatic carbocycles. The molecule has 3 rings (SSSR count). The molecule has 28 heavy (non-hydrogen) atoms. The fourth-order valence-electron chi connectivity index (χ4n) is 3.16. The molecule has 1 aliphatic heterocycles. The Balaban J connectivity index is 1.79. The van der Waals surface area contributed by atoms with Gasteiger partial charge in [-0.15, -0.1) is 0 Å².